The van der Waals surface area contributed by atoms with Gasteiger partial charge < -0.3 is 10.4 Å². The molecule has 1 aliphatic rings. The topological polar surface area (TPSA) is 66.4 Å². The Morgan fingerprint density at radius 2 is 2.06 bits per heavy atom. The van der Waals surface area contributed by atoms with Crippen molar-refractivity contribution in [2.24, 2.45) is 11.8 Å². The summed E-state index contributed by atoms with van der Waals surface area (Å²) < 4.78 is 0. The van der Waals surface area contributed by atoms with Crippen LogP contribution >= 0.6 is 11.6 Å². The van der Waals surface area contributed by atoms with Crippen molar-refractivity contribution in [2.75, 3.05) is 0 Å². The van der Waals surface area contributed by atoms with Gasteiger partial charge in [-0.2, -0.15) is 0 Å². The lowest BCUT2D eigenvalue weighted by Crippen LogP contribution is -2.29. The molecule has 1 saturated carbocycles. The van der Waals surface area contributed by atoms with Crippen molar-refractivity contribution in [3.63, 3.8) is 0 Å². The highest BCUT2D eigenvalue weighted by atomic mass is 35.5. The van der Waals surface area contributed by atoms with Crippen molar-refractivity contribution in [2.45, 2.75) is 19.4 Å². The van der Waals surface area contributed by atoms with E-state index in [-0.39, 0.29) is 11.9 Å². The van der Waals surface area contributed by atoms with Crippen LogP contribution in [0, 0.1) is 11.8 Å². The molecule has 0 bridgehead atoms. The second-order valence-corrected chi connectivity index (χ2v) is 4.95. The highest BCUT2D eigenvalue weighted by Gasteiger charge is 2.48. The molecule has 0 unspecified atom stereocenters. The molecule has 1 amide bonds. The van der Waals surface area contributed by atoms with Crippen LogP contribution in [0.5, 0.6) is 0 Å². The Kier molecular flexibility index (Phi) is 3.57. The third-order valence-electron chi connectivity index (χ3n) is 3.17. The maximum Gasteiger partial charge on any atom is 0.307 e. The van der Waals surface area contributed by atoms with Crippen LogP contribution in [-0.4, -0.2) is 17.0 Å². The fraction of sp³-hybridized carbons (Fsp3) is 0.385. The number of halogens is 1. The molecule has 18 heavy (non-hydrogen) atoms. The molecule has 2 N–H and O–H groups in total. The highest BCUT2D eigenvalue weighted by molar-refractivity contribution is 6.31. The van der Waals surface area contributed by atoms with Gasteiger partial charge in [-0.05, 0) is 25.0 Å². The molecule has 0 aliphatic heterocycles. The number of nitrogens with one attached hydrogen (secondary N) is 1. The molecule has 0 aromatic heterocycles. The predicted molar refractivity (Wildman–Crippen MR) is 67.2 cm³/mol. The van der Waals surface area contributed by atoms with Gasteiger partial charge in [0.25, 0.3) is 0 Å². The third-order valence-corrected chi connectivity index (χ3v) is 3.52. The van der Waals surface area contributed by atoms with Gasteiger partial charge in [0.1, 0.15) is 0 Å². The van der Waals surface area contributed by atoms with E-state index in [9.17, 15) is 9.59 Å². The Hall–Kier alpha value is -1.55. The molecular formula is C13H14ClNO3. The minimum atomic E-state index is -0.902. The number of carbonyl (C=O) groups is 2. The Balaban J connectivity index is 1.97. The van der Waals surface area contributed by atoms with E-state index in [4.69, 9.17) is 16.7 Å². The first kappa shape index (κ1) is 12.9. The summed E-state index contributed by atoms with van der Waals surface area (Å²) in [5, 5.41) is 12.2. The van der Waals surface area contributed by atoms with E-state index in [2.05, 4.69) is 5.32 Å². The maximum atomic E-state index is 11.8. The fourth-order valence-electron chi connectivity index (χ4n) is 1.98. The largest absolute Gasteiger partial charge is 0.481 e. The number of hydrogen-bond donors (Lipinski definition) is 2. The highest BCUT2D eigenvalue weighted by Crippen LogP contribution is 2.39. The van der Waals surface area contributed by atoms with Crippen molar-refractivity contribution in [3.05, 3.63) is 34.9 Å². The van der Waals surface area contributed by atoms with E-state index in [1.807, 2.05) is 25.1 Å². The van der Waals surface area contributed by atoms with Crippen LogP contribution in [0.25, 0.3) is 0 Å². The smallest absolute Gasteiger partial charge is 0.307 e. The Morgan fingerprint density at radius 3 is 2.61 bits per heavy atom. The standard InChI is InChI=1S/C13H14ClNO3/c1-7(8-4-2-3-5-11(8)14)15-12(16)9-6-10(9)13(17)18/h2-5,7,9-10H,6H2,1H3,(H,15,16)(H,17,18)/t7-,9+,10-/m0/s1. The van der Waals surface area contributed by atoms with Gasteiger partial charge in [0.05, 0.1) is 17.9 Å². The van der Waals surface area contributed by atoms with Gasteiger partial charge >= 0.3 is 5.97 Å². The van der Waals surface area contributed by atoms with Crippen LogP contribution in [-0.2, 0) is 9.59 Å². The van der Waals surface area contributed by atoms with E-state index >= 15 is 0 Å². The first-order valence-corrected chi connectivity index (χ1v) is 6.16. The first-order valence-electron chi connectivity index (χ1n) is 5.78. The molecule has 1 fully saturated rings. The van der Waals surface area contributed by atoms with Gasteiger partial charge in [-0.3, -0.25) is 9.59 Å². The number of amides is 1. The van der Waals surface area contributed by atoms with Gasteiger partial charge in [0.2, 0.25) is 5.91 Å². The third kappa shape index (κ3) is 2.64. The number of carboxylic acids is 1. The zero-order valence-electron chi connectivity index (χ0n) is 9.89. The number of benzene rings is 1. The molecule has 5 heteroatoms. The summed E-state index contributed by atoms with van der Waals surface area (Å²) in [4.78, 5) is 22.5. The molecule has 1 aliphatic carbocycles. The van der Waals surface area contributed by atoms with E-state index in [0.717, 1.165) is 5.56 Å². The maximum absolute atomic E-state index is 11.8. The van der Waals surface area contributed by atoms with Gasteiger partial charge in [0, 0.05) is 5.02 Å². The van der Waals surface area contributed by atoms with Crippen LogP contribution < -0.4 is 5.32 Å². The van der Waals surface area contributed by atoms with Crippen molar-refractivity contribution in [1.82, 2.24) is 5.32 Å². The van der Waals surface area contributed by atoms with Crippen molar-refractivity contribution < 1.29 is 14.7 Å². The number of aliphatic carboxylic acids is 1. The Labute approximate surface area is 110 Å². The van der Waals surface area contributed by atoms with Crippen molar-refractivity contribution in [3.8, 4) is 0 Å². The minimum absolute atomic E-state index is 0.213. The molecule has 0 heterocycles. The monoisotopic (exact) mass is 267 g/mol. The number of hydrogen-bond acceptors (Lipinski definition) is 2. The number of carboxylic acid groups (broad SMARTS) is 1. The molecule has 1 aromatic rings. The molecule has 0 saturated heterocycles. The zero-order valence-corrected chi connectivity index (χ0v) is 10.6. The average Bonchev–Trinajstić information content (AvgIpc) is 3.09. The van der Waals surface area contributed by atoms with Crippen molar-refractivity contribution in [1.29, 1.82) is 0 Å². The first-order chi connectivity index (χ1) is 8.50. The summed E-state index contributed by atoms with van der Waals surface area (Å²) in [5.74, 6) is -2.04. The van der Waals surface area contributed by atoms with Gasteiger partial charge in [-0.1, -0.05) is 29.8 Å². The molecule has 1 aromatic carbocycles. The van der Waals surface area contributed by atoms with E-state index in [1.54, 1.807) is 6.07 Å². The summed E-state index contributed by atoms with van der Waals surface area (Å²) in [6, 6.07) is 7.05. The minimum Gasteiger partial charge on any atom is -0.481 e. The van der Waals surface area contributed by atoms with Crippen LogP contribution in [0.1, 0.15) is 24.9 Å². The SMILES string of the molecule is C[C@H](NC(=O)[C@@H]1C[C@@H]1C(=O)O)c1ccccc1Cl. The van der Waals surface area contributed by atoms with Crippen LogP contribution in [0.4, 0.5) is 0 Å². The molecule has 0 radical (unpaired) electrons. The normalized spacial score (nSPS) is 23.2. The Morgan fingerprint density at radius 1 is 1.39 bits per heavy atom. The number of carbonyl (C=O) groups excluding carboxylic acids is 1. The average molecular weight is 268 g/mol. The quantitative estimate of drug-likeness (QED) is 0.879. The molecule has 96 valence electrons. The van der Waals surface area contributed by atoms with E-state index < -0.39 is 17.8 Å². The molecule has 4 nitrogen and oxygen atoms in total. The van der Waals surface area contributed by atoms with Gasteiger partial charge in [-0.15, -0.1) is 0 Å². The summed E-state index contributed by atoms with van der Waals surface area (Å²) in [6.07, 6.45) is 0.427. The fourth-order valence-corrected chi connectivity index (χ4v) is 2.28. The van der Waals surface area contributed by atoms with Crippen LogP contribution in [0.2, 0.25) is 5.02 Å². The second kappa shape index (κ2) is 4.98. The zero-order chi connectivity index (χ0) is 13.3. The molecule has 3 atom stereocenters. The van der Waals surface area contributed by atoms with Crippen LogP contribution in [0.3, 0.4) is 0 Å². The molecule has 0 spiro atoms. The lowest BCUT2D eigenvalue weighted by Gasteiger charge is -2.15. The van der Waals surface area contributed by atoms with Crippen molar-refractivity contribution >= 4 is 23.5 Å². The Bertz CT molecular complexity index is 489. The number of rotatable bonds is 4. The molecule has 2 rings (SSSR count). The van der Waals surface area contributed by atoms with Crippen LogP contribution in [0.15, 0.2) is 24.3 Å². The molecular weight excluding hydrogens is 254 g/mol. The summed E-state index contributed by atoms with van der Waals surface area (Å²) in [7, 11) is 0. The van der Waals surface area contributed by atoms with Gasteiger partial charge in [0.15, 0.2) is 0 Å². The van der Waals surface area contributed by atoms with E-state index in [1.165, 1.54) is 0 Å². The van der Waals surface area contributed by atoms with E-state index in [0.29, 0.717) is 11.4 Å². The second-order valence-electron chi connectivity index (χ2n) is 4.54. The summed E-state index contributed by atoms with van der Waals surface area (Å²) in [5.41, 5.74) is 0.833. The lowest BCUT2D eigenvalue weighted by molar-refractivity contribution is -0.140. The summed E-state index contributed by atoms with van der Waals surface area (Å²) in [6.45, 7) is 1.83. The van der Waals surface area contributed by atoms with Gasteiger partial charge in [-0.25, -0.2) is 0 Å². The lowest BCUT2D eigenvalue weighted by atomic mass is 10.1. The predicted octanol–water partition coefficient (Wildman–Crippen LogP) is 2.24. The summed E-state index contributed by atoms with van der Waals surface area (Å²) >= 11 is 6.03.